The monoisotopic (exact) mass is 959 g/mol. The number of nitrogens with zero attached hydrogens (tertiary/aromatic N) is 7. The number of ether oxygens (including phenoxy) is 2. The summed E-state index contributed by atoms with van der Waals surface area (Å²) in [6.45, 7) is 21.7. The summed E-state index contributed by atoms with van der Waals surface area (Å²) in [5.74, 6) is -1.09. The number of piperidine rings is 1. The lowest BCUT2D eigenvalue weighted by molar-refractivity contribution is -0.156. The average Bonchev–Trinajstić information content (AvgIpc) is 4.08. The van der Waals surface area contributed by atoms with Crippen molar-refractivity contribution in [3.8, 4) is 22.4 Å². The number of hydrogen-bond acceptors (Lipinski definition) is 10. The zero-order valence-electron chi connectivity index (χ0n) is 43.3. The molecule has 0 aliphatic carbocycles. The first-order valence-corrected chi connectivity index (χ1v) is 25.9. The second kappa shape index (κ2) is 21.7. The summed E-state index contributed by atoms with van der Waals surface area (Å²) in [5, 5.41) is 7.86. The van der Waals surface area contributed by atoms with Crippen LogP contribution in [0, 0.1) is 23.2 Å². The molecule has 1 N–H and O–H groups in total. The molecular formula is C56H78N8O6. The highest BCUT2D eigenvalue weighted by atomic mass is 16.5. The summed E-state index contributed by atoms with van der Waals surface area (Å²) in [6.07, 6.45) is 8.27. The van der Waals surface area contributed by atoms with Gasteiger partial charge in [-0.1, -0.05) is 64.6 Å². The number of likely N-dealkylation sites (N-methyl/N-ethyl adjacent to an activating group) is 1. The lowest BCUT2D eigenvalue weighted by Gasteiger charge is -2.36. The average molecular weight is 959 g/mol. The number of nitrogens with one attached hydrogen (secondary N) is 1. The largest absolute Gasteiger partial charge is 0.464 e. The van der Waals surface area contributed by atoms with E-state index in [9.17, 15) is 19.2 Å². The molecule has 0 saturated carbocycles. The van der Waals surface area contributed by atoms with Gasteiger partial charge in [0, 0.05) is 68.1 Å². The Balaban J connectivity index is 1.19. The van der Waals surface area contributed by atoms with Crippen LogP contribution >= 0.6 is 0 Å². The predicted molar refractivity (Wildman–Crippen MR) is 275 cm³/mol. The Hall–Kier alpha value is -5.15. The Morgan fingerprint density at radius 2 is 1.79 bits per heavy atom. The van der Waals surface area contributed by atoms with E-state index in [0.717, 1.165) is 83.4 Å². The first kappa shape index (κ1) is 51.2. The highest BCUT2D eigenvalue weighted by molar-refractivity contribution is 5.95. The van der Waals surface area contributed by atoms with E-state index < -0.39 is 23.4 Å². The fourth-order valence-electron chi connectivity index (χ4n) is 12.0. The molecule has 0 spiro atoms. The molecule has 4 aromatic rings. The van der Waals surface area contributed by atoms with E-state index >= 15 is 0 Å². The standard InChI is InChI=1S/C56H78N8O6/c1-11-50(66)61-26-20-39(34-61)33-60(9)51(36(3)4)49(65)30-42-28-38-15-13-16-40(27-38)41-18-19-48-44(29-41)45(31-56(6,7)35-70-55(68)47-17-14-23-63(58-47)54(42)67)53(62(48)12-2)46-32-57-64(52(46)37(5)69-10)43-21-24-59(8)25-22-43/h11,13,15-16,18-19,27,29,32,36-37,39,42-43,47,51,58H,1,12,14,17,20-26,28,30-31,33-35H2,2-10H3/t37-,39+,42+,47-,51-/m0/s1. The van der Waals surface area contributed by atoms with Gasteiger partial charge in [-0.05, 0) is 138 Å². The molecule has 6 heterocycles. The van der Waals surface area contributed by atoms with E-state index in [1.807, 2.05) is 18.1 Å². The number of Topliss-reactive ketones (excluding diaryl/α,β-unsaturated/α-hetero) is 1. The lowest BCUT2D eigenvalue weighted by atomic mass is 9.84. The number of cyclic esters (lactones) is 1. The maximum absolute atomic E-state index is 14.9. The summed E-state index contributed by atoms with van der Waals surface area (Å²) < 4.78 is 17.0. The molecule has 8 rings (SSSR count). The molecule has 4 aliphatic heterocycles. The van der Waals surface area contributed by atoms with Crippen LogP contribution < -0.4 is 5.43 Å². The van der Waals surface area contributed by atoms with Gasteiger partial charge in [0.15, 0.2) is 5.78 Å². The molecule has 14 nitrogen and oxygen atoms in total. The fourth-order valence-corrected chi connectivity index (χ4v) is 12.0. The van der Waals surface area contributed by atoms with Crippen molar-refractivity contribution in [3.63, 3.8) is 0 Å². The van der Waals surface area contributed by atoms with Crippen molar-refractivity contribution in [2.24, 2.45) is 23.2 Å². The van der Waals surface area contributed by atoms with Gasteiger partial charge in [-0.2, -0.15) is 5.10 Å². The van der Waals surface area contributed by atoms with Crippen molar-refractivity contribution in [2.45, 2.75) is 124 Å². The SMILES string of the molecule is C=CC(=O)N1CC[C@H](CN(C)[C@H](C(=O)C[C@H]2Cc3cccc(c3)-c3ccc4c(c3)c(c(-c3cnn(C5CCN(C)CC5)c3[C@H](C)OC)n4CC)CC(C)(C)COC(=O)[C@@H]3CCCN(N3)C2=O)C(C)C)C1. The topological polar surface area (TPSA) is 134 Å². The molecule has 2 amide bonds. The molecular weight excluding hydrogens is 881 g/mol. The van der Waals surface area contributed by atoms with Crippen LogP contribution in [0.1, 0.15) is 109 Å². The lowest BCUT2D eigenvalue weighted by Crippen LogP contribution is -2.57. The van der Waals surface area contributed by atoms with Gasteiger partial charge in [-0.3, -0.25) is 33.8 Å². The van der Waals surface area contributed by atoms with Crippen LogP contribution in [0.2, 0.25) is 0 Å². The molecule has 0 radical (unpaired) electrons. The van der Waals surface area contributed by atoms with Gasteiger partial charge in [0.05, 0.1) is 48.3 Å². The van der Waals surface area contributed by atoms with E-state index in [2.05, 4.69) is 122 Å². The molecule has 0 unspecified atom stereocenters. The number of benzene rings is 2. The number of rotatable bonds is 13. The predicted octanol–water partition coefficient (Wildman–Crippen LogP) is 7.90. The van der Waals surface area contributed by atoms with Gasteiger partial charge in [0.2, 0.25) is 11.8 Å². The Labute approximate surface area is 415 Å². The molecule has 3 saturated heterocycles. The van der Waals surface area contributed by atoms with Crippen LogP contribution in [0.4, 0.5) is 0 Å². The second-order valence-electron chi connectivity index (χ2n) is 21.9. The third kappa shape index (κ3) is 10.9. The molecule has 70 heavy (non-hydrogen) atoms. The van der Waals surface area contributed by atoms with Gasteiger partial charge in [0.1, 0.15) is 6.04 Å². The summed E-state index contributed by atoms with van der Waals surface area (Å²) in [6, 6.07) is 14.3. The van der Waals surface area contributed by atoms with Crippen molar-refractivity contribution >= 4 is 34.5 Å². The summed E-state index contributed by atoms with van der Waals surface area (Å²) >= 11 is 0. The van der Waals surface area contributed by atoms with E-state index in [0.29, 0.717) is 51.9 Å². The van der Waals surface area contributed by atoms with E-state index in [1.165, 1.54) is 11.6 Å². The molecule has 14 heteroatoms. The number of esters is 1. The third-order valence-electron chi connectivity index (χ3n) is 15.6. The molecule has 2 aromatic carbocycles. The van der Waals surface area contributed by atoms with Crippen molar-refractivity contribution in [1.82, 2.24) is 39.5 Å². The number of hydrazine groups is 1. The number of ketones is 1. The molecule has 5 atom stereocenters. The molecule has 4 aliphatic rings. The number of carbonyl (C=O) groups is 4. The van der Waals surface area contributed by atoms with Crippen LogP contribution in [0.5, 0.6) is 0 Å². The number of aromatic nitrogens is 3. The normalized spacial score (nSPS) is 22.6. The zero-order chi connectivity index (χ0) is 50.0. The van der Waals surface area contributed by atoms with Crippen molar-refractivity contribution in [1.29, 1.82) is 0 Å². The highest BCUT2D eigenvalue weighted by Gasteiger charge is 2.39. The van der Waals surface area contributed by atoms with Gasteiger partial charge < -0.3 is 23.8 Å². The number of hydrogen-bond donors (Lipinski definition) is 1. The van der Waals surface area contributed by atoms with E-state index in [1.54, 1.807) is 12.1 Å². The van der Waals surface area contributed by atoms with E-state index in [-0.39, 0.29) is 60.6 Å². The maximum Gasteiger partial charge on any atom is 0.324 e. The number of aryl methyl sites for hydroxylation is 1. The Kier molecular flexibility index (Phi) is 15.9. The van der Waals surface area contributed by atoms with Crippen LogP contribution in [-0.2, 0) is 48.0 Å². The minimum atomic E-state index is -0.704. The maximum atomic E-state index is 14.9. The van der Waals surface area contributed by atoms with Crippen molar-refractivity contribution in [2.75, 3.05) is 67.1 Å². The van der Waals surface area contributed by atoms with Gasteiger partial charge in [-0.15, -0.1) is 0 Å². The molecule has 6 bridgehead atoms. The van der Waals surface area contributed by atoms with Crippen LogP contribution in [0.15, 0.2) is 61.3 Å². The molecule has 3 fully saturated rings. The Morgan fingerprint density at radius 3 is 2.50 bits per heavy atom. The fraction of sp³-hybridized carbons (Fsp3) is 0.589. The first-order valence-electron chi connectivity index (χ1n) is 25.9. The van der Waals surface area contributed by atoms with Crippen molar-refractivity contribution < 1.29 is 28.7 Å². The van der Waals surface area contributed by atoms with Gasteiger partial charge in [-0.25, -0.2) is 5.43 Å². The van der Waals surface area contributed by atoms with Crippen molar-refractivity contribution in [3.05, 3.63) is 78.1 Å². The summed E-state index contributed by atoms with van der Waals surface area (Å²) in [7, 11) is 5.94. The van der Waals surface area contributed by atoms with Crippen LogP contribution in [-0.4, -0.2) is 137 Å². The zero-order valence-corrected chi connectivity index (χ0v) is 43.3. The molecule has 378 valence electrons. The first-order chi connectivity index (χ1) is 33.5. The van der Waals surface area contributed by atoms with E-state index in [4.69, 9.17) is 14.6 Å². The summed E-state index contributed by atoms with van der Waals surface area (Å²) in [4.78, 5) is 62.4. The Bertz CT molecular complexity index is 2550. The number of amides is 2. The smallest absolute Gasteiger partial charge is 0.324 e. The van der Waals surface area contributed by atoms with Gasteiger partial charge >= 0.3 is 5.97 Å². The minimum Gasteiger partial charge on any atom is -0.464 e. The second-order valence-corrected chi connectivity index (χ2v) is 21.9. The Morgan fingerprint density at radius 1 is 1.03 bits per heavy atom. The minimum absolute atomic E-state index is 0.00723. The number of carbonyl (C=O) groups excluding carboxylic acids is 4. The summed E-state index contributed by atoms with van der Waals surface area (Å²) in [5.41, 5.74) is 11.4. The number of fused-ring (bicyclic) bond motifs is 6. The number of likely N-dealkylation sites (tertiary alicyclic amines) is 2. The van der Waals surface area contributed by atoms with Crippen LogP contribution in [0.25, 0.3) is 33.3 Å². The highest BCUT2D eigenvalue weighted by Crippen LogP contribution is 2.43. The quantitative estimate of drug-likeness (QED) is 0.104. The van der Waals surface area contributed by atoms with Gasteiger partial charge in [0.25, 0.3) is 0 Å². The van der Waals surface area contributed by atoms with Crippen LogP contribution in [0.3, 0.4) is 0 Å². The number of methoxy groups -OCH3 is 1. The third-order valence-corrected chi connectivity index (χ3v) is 15.6. The molecule has 2 aromatic heterocycles.